The van der Waals surface area contributed by atoms with Gasteiger partial charge < -0.3 is 19.4 Å². The summed E-state index contributed by atoms with van der Waals surface area (Å²) in [6.45, 7) is 10.4. The Hall–Kier alpha value is -3.58. The van der Waals surface area contributed by atoms with E-state index in [-0.39, 0.29) is 41.1 Å². The highest BCUT2D eigenvalue weighted by molar-refractivity contribution is 7.89. The molecule has 7 rings (SSSR count). The summed E-state index contributed by atoms with van der Waals surface area (Å²) in [6.07, 6.45) is 2.20. The summed E-state index contributed by atoms with van der Waals surface area (Å²) < 4.78 is 61.4. The van der Waals surface area contributed by atoms with Crippen molar-refractivity contribution in [2.24, 2.45) is 29.1 Å². The molecule has 12 heteroatoms. The number of rotatable bonds is 14. The van der Waals surface area contributed by atoms with Crippen LogP contribution in [0.2, 0.25) is 0 Å². The number of sulfonamides is 1. The van der Waals surface area contributed by atoms with Crippen LogP contribution in [0.5, 0.6) is 11.5 Å². The molecule has 4 aliphatic rings. The predicted molar refractivity (Wildman–Crippen MR) is 188 cm³/mol. The quantitative estimate of drug-likeness (QED) is 0.144. The minimum absolute atomic E-state index is 0.0791. The van der Waals surface area contributed by atoms with Crippen molar-refractivity contribution in [3.8, 4) is 11.5 Å². The van der Waals surface area contributed by atoms with Crippen molar-refractivity contribution >= 4 is 28.8 Å². The van der Waals surface area contributed by atoms with E-state index in [1.807, 2.05) is 44.2 Å². The number of ether oxygens (including phenoxy) is 1. The fraction of sp³-hybridized carbons (Fsp3) is 0.474. The lowest BCUT2D eigenvalue weighted by molar-refractivity contribution is -0.199. The number of amides is 1. The van der Waals surface area contributed by atoms with Gasteiger partial charge in [-0.25, -0.2) is 17.5 Å². The van der Waals surface area contributed by atoms with Gasteiger partial charge in [-0.1, -0.05) is 45.9 Å². The Morgan fingerprint density at radius 2 is 1.62 bits per heavy atom. The molecule has 0 spiro atoms. The third kappa shape index (κ3) is 7.54. The molecule has 0 radical (unpaired) electrons. The van der Waals surface area contributed by atoms with Crippen LogP contribution in [-0.4, -0.2) is 51.4 Å². The minimum Gasteiger partial charge on any atom is -0.457 e. The van der Waals surface area contributed by atoms with E-state index in [0.29, 0.717) is 35.3 Å². The first-order valence-electron chi connectivity index (χ1n) is 17.4. The van der Waals surface area contributed by atoms with Crippen molar-refractivity contribution in [3.05, 3.63) is 90.2 Å². The molecule has 1 amide bonds. The van der Waals surface area contributed by atoms with Gasteiger partial charge in [-0.2, -0.15) is 0 Å². The summed E-state index contributed by atoms with van der Waals surface area (Å²) in [6, 6.07) is 20.2. The van der Waals surface area contributed by atoms with Crippen molar-refractivity contribution in [1.29, 1.82) is 0 Å². The van der Waals surface area contributed by atoms with Crippen LogP contribution in [0.25, 0.3) is 0 Å². The van der Waals surface area contributed by atoms with Crippen LogP contribution in [0.1, 0.15) is 70.7 Å². The van der Waals surface area contributed by atoms with Crippen LogP contribution in [0.3, 0.4) is 0 Å². The number of hydrogen-bond acceptors (Lipinski definition) is 7. The summed E-state index contributed by atoms with van der Waals surface area (Å²) >= 11 is 0. The van der Waals surface area contributed by atoms with Crippen molar-refractivity contribution < 1.29 is 36.4 Å². The number of halogens is 1. The molecule has 266 valence electrons. The molecule has 2 bridgehead atoms. The second-order valence-corrected chi connectivity index (χ2v) is 16.9. The first kappa shape index (κ1) is 36.2. The number of Topliss-reactive ketones (excluding diaryl/α,β-unsaturated/α-hetero) is 1. The number of carbonyl (C=O) groups excluding carboxylic acids is 2. The van der Waals surface area contributed by atoms with Crippen molar-refractivity contribution in [2.45, 2.75) is 82.8 Å². The molecule has 3 aromatic carbocycles. The SMILES string of the molecule is CC(C)C[C@H](NC(=O)[C@H](CNS(=O)(=O)c1ccc(F)cc1)CC(=O)c1ccc(Oc2ccccc2)cc1)B1O[C@@H]2C[C@@H]3C[C@@H](C3(C)C)[C@]2(C)O1. The molecule has 0 aromatic heterocycles. The Bertz CT molecular complexity index is 1790. The largest absolute Gasteiger partial charge is 0.481 e. The van der Waals surface area contributed by atoms with Gasteiger partial charge in [0.15, 0.2) is 5.78 Å². The number of ketones is 1. The maximum Gasteiger partial charge on any atom is 0.481 e. The zero-order chi connectivity index (χ0) is 35.8. The highest BCUT2D eigenvalue weighted by atomic mass is 32.2. The van der Waals surface area contributed by atoms with Gasteiger partial charge in [0.1, 0.15) is 17.3 Å². The minimum atomic E-state index is -4.11. The Morgan fingerprint density at radius 1 is 0.960 bits per heavy atom. The molecule has 3 aliphatic carbocycles. The summed E-state index contributed by atoms with van der Waals surface area (Å²) in [7, 11) is -4.80. The molecule has 4 fully saturated rings. The third-order valence-corrected chi connectivity index (χ3v) is 12.4. The molecular formula is C38H46BFN2O7S. The average Bonchev–Trinajstić information content (AvgIpc) is 3.44. The Balaban J connectivity index is 1.19. The Morgan fingerprint density at radius 3 is 2.26 bits per heavy atom. The highest BCUT2D eigenvalue weighted by Gasteiger charge is 2.68. The van der Waals surface area contributed by atoms with Gasteiger partial charge in [0, 0.05) is 18.5 Å². The van der Waals surface area contributed by atoms with E-state index < -0.39 is 46.3 Å². The number of benzene rings is 3. The first-order chi connectivity index (χ1) is 23.7. The molecule has 1 saturated heterocycles. The lowest BCUT2D eigenvalue weighted by atomic mass is 9.43. The average molecular weight is 705 g/mol. The van der Waals surface area contributed by atoms with Crippen LogP contribution >= 0.6 is 0 Å². The number of nitrogens with one attached hydrogen (secondary N) is 2. The fourth-order valence-corrected chi connectivity index (χ4v) is 9.04. The lowest BCUT2D eigenvalue weighted by Gasteiger charge is -2.64. The maximum absolute atomic E-state index is 14.1. The third-order valence-electron chi connectivity index (χ3n) is 11.0. The molecule has 3 saturated carbocycles. The van der Waals surface area contributed by atoms with Crippen molar-refractivity contribution in [1.82, 2.24) is 10.0 Å². The summed E-state index contributed by atoms with van der Waals surface area (Å²) in [5.74, 6) is -0.725. The topological polar surface area (TPSA) is 120 Å². The fourth-order valence-electron chi connectivity index (χ4n) is 7.96. The summed E-state index contributed by atoms with van der Waals surface area (Å²) in [4.78, 5) is 27.6. The van der Waals surface area contributed by atoms with Gasteiger partial charge in [-0.05, 0) is 110 Å². The van der Waals surface area contributed by atoms with Crippen LogP contribution in [0.15, 0.2) is 83.8 Å². The van der Waals surface area contributed by atoms with Crippen molar-refractivity contribution in [3.63, 3.8) is 0 Å². The van der Waals surface area contributed by atoms with E-state index in [0.717, 1.165) is 37.1 Å². The summed E-state index contributed by atoms with van der Waals surface area (Å²) in [5.41, 5.74) is 0.0306. The molecule has 1 heterocycles. The normalized spacial score (nSPS) is 24.9. The monoisotopic (exact) mass is 704 g/mol. The van der Waals surface area contributed by atoms with Gasteiger partial charge in [0.25, 0.3) is 0 Å². The van der Waals surface area contributed by atoms with Gasteiger partial charge >= 0.3 is 7.12 Å². The van der Waals surface area contributed by atoms with Crippen LogP contribution in [0, 0.1) is 34.9 Å². The zero-order valence-corrected chi connectivity index (χ0v) is 30.0. The molecule has 1 aliphatic heterocycles. The van der Waals surface area contributed by atoms with Crippen molar-refractivity contribution in [2.75, 3.05) is 6.54 Å². The van der Waals surface area contributed by atoms with Gasteiger partial charge in [0.2, 0.25) is 15.9 Å². The lowest BCUT2D eigenvalue weighted by Crippen LogP contribution is -2.65. The van der Waals surface area contributed by atoms with E-state index >= 15 is 0 Å². The molecule has 0 unspecified atom stereocenters. The number of para-hydroxylation sites is 1. The standard InChI is InChI=1S/C38H46BFN2O7S/c1-24(2)19-35(39-48-34-22-27-21-33(37(27,3)4)38(34,5)49-39)42-36(44)26(23-41-50(45,46)31-17-13-28(40)14-18-31)20-32(43)25-11-15-30(16-12-25)47-29-9-7-6-8-10-29/h6-18,24,26-27,33-35,41H,19-23H2,1-5H3,(H,42,44)/t26-,27-,33-,34+,35-,38-/m0/s1. The van der Waals surface area contributed by atoms with E-state index in [9.17, 15) is 22.4 Å². The van der Waals surface area contributed by atoms with Gasteiger partial charge in [-0.3, -0.25) is 9.59 Å². The van der Waals surface area contributed by atoms with Crippen LogP contribution < -0.4 is 14.8 Å². The maximum atomic E-state index is 14.1. The van der Waals surface area contributed by atoms with E-state index in [2.05, 4.69) is 30.8 Å². The molecule has 6 atom stereocenters. The van der Waals surface area contributed by atoms with Crippen LogP contribution in [-0.2, 0) is 24.1 Å². The molecular weight excluding hydrogens is 658 g/mol. The Kier molecular flexibility index (Phi) is 10.3. The smallest absolute Gasteiger partial charge is 0.457 e. The molecule has 3 aromatic rings. The van der Waals surface area contributed by atoms with Gasteiger partial charge in [-0.15, -0.1) is 0 Å². The zero-order valence-electron chi connectivity index (χ0n) is 29.2. The summed E-state index contributed by atoms with van der Waals surface area (Å²) in [5, 5.41) is 3.10. The molecule has 9 nitrogen and oxygen atoms in total. The molecule has 2 N–H and O–H groups in total. The predicted octanol–water partition coefficient (Wildman–Crippen LogP) is 6.58. The Labute approximate surface area is 294 Å². The van der Waals surface area contributed by atoms with E-state index in [4.69, 9.17) is 14.0 Å². The van der Waals surface area contributed by atoms with E-state index in [1.54, 1.807) is 24.3 Å². The van der Waals surface area contributed by atoms with Gasteiger partial charge in [0.05, 0.1) is 28.5 Å². The second kappa shape index (κ2) is 14.2. The number of carbonyl (C=O) groups is 2. The first-order valence-corrected chi connectivity index (χ1v) is 18.9. The van der Waals surface area contributed by atoms with Crippen LogP contribution in [0.4, 0.5) is 4.39 Å². The second-order valence-electron chi connectivity index (χ2n) is 15.2. The molecule has 50 heavy (non-hydrogen) atoms. The highest BCUT2D eigenvalue weighted by Crippen LogP contribution is 2.65. The number of hydrogen-bond donors (Lipinski definition) is 2. The van der Waals surface area contributed by atoms with E-state index in [1.165, 1.54) is 0 Å².